The number of hydrogen-bond donors (Lipinski definition) is 1. The number of rotatable bonds is 2. The quantitative estimate of drug-likeness (QED) is 0.918. The van der Waals surface area contributed by atoms with E-state index in [1.165, 1.54) is 0 Å². The number of benzene rings is 2. The average Bonchev–Trinajstić information content (AvgIpc) is 2.97. The first-order chi connectivity index (χ1) is 10.2. The van der Waals surface area contributed by atoms with Crippen molar-refractivity contribution in [1.82, 2.24) is 5.32 Å². The molecule has 0 fully saturated rings. The maximum Gasteiger partial charge on any atom is 0.256 e. The number of amides is 1. The normalized spacial score (nSPS) is 14.0. The Hall–Kier alpha value is -2.62. The fraction of sp³-hybridized carbons (Fsp3) is 0.176. The number of aryl methyl sites for hydroxylation is 1. The third-order valence-electron chi connectivity index (χ3n) is 3.43. The van der Waals surface area contributed by atoms with Gasteiger partial charge in [0.1, 0.15) is 5.84 Å². The van der Waals surface area contributed by atoms with Crippen LogP contribution in [0.4, 0.5) is 5.69 Å². The van der Waals surface area contributed by atoms with Crippen LogP contribution in [0, 0.1) is 6.92 Å². The summed E-state index contributed by atoms with van der Waals surface area (Å²) in [5.74, 6) is 0.605. The van der Waals surface area contributed by atoms with Crippen LogP contribution < -0.4 is 10.3 Å². The molecule has 1 N–H and O–H groups in total. The summed E-state index contributed by atoms with van der Waals surface area (Å²) >= 11 is 0. The van der Waals surface area contributed by atoms with Crippen LogP contribution in [0.25, 0.3) is 0 Å². The molecule has 1 aliphatic rings. The van der Waals surface area contributed by atoms with E-state index in [1.54, 1.807) is 0 Å². The van der Waals surface area contributed by atoms with E-state index < -0.39 is 0 Å². The molecule has 4 nitrogen and oxygen atoms in total. The molecule has 3 rings (SSSR count). The third kappa shape index (κ3) is 3.11. The highest BCUT2D eigenvalue weighted by molar-refractivity contribution is 6.07. The number of para-hydroxylation sites is 1. The van der Waals surface area contributed by atoms with Gasteiger partial charge >= 0.3 is 0 Å². The van der Waals surface area contributed by atoms with Gasteiger partial charge in [0.25, 0.3) is 5.91 Å². The number of amidine groups is 1. The van der Waals surface area contributed by atoms with Crippen molar-refractivity contribution in [2.24, 2.45) is 5.10 Å². The molecule has 2 aromatic rings. The Morgan fingerprint density at radius 3 is 2.52 bits per heavy atom. The predicted molar refractivity (Wildman–Crippen MR) is 84.5 cm³/mol. The molecule has 0 saturated heterocycles. The molecule has 4 heteroatoms. The lowest BCUT2D eigenvalue weighted by atomic mass is 10.1. The summed E-state index contributed by atoms with van der Waals surface area (Å²) in [6.07, 6.45) is 0.743. The standard InChI is InChI=1S/C17H17N3O/c1-13-7-9-14(10-8-13)17(21)18-16-11-12-20(19-16)15-5-3-2-4-6-15/h2-10H,11-12H2,1H3,(H,18,19,21). The number of nitrogens with zero attached hydrogens (tertiary/aromatic N) is 2. The summed E-state index contributed by atoms with van der Waals surface area (Å²) in [6, 6.07) is 17.5. The lowest BCUT2D eigenvalue weighted by molar-refractivity contribution is 0.0976. The van der Waals surface area contributed by atoms with Crippen molar-refractivity contribution in [1.29, 1.82) is 0 Å². The Morgan fingerprint density at radius 2 is 1.81 bits per heavy atom. The molecule has 0 spiro atoms. The van der Waals surface area contributed by atoms with E-state index in [2.05, 4.69) is 10.4 Å². The van der Waals surface area contributed by atoms with Crippen LogP contribution in [-0.4, -0.2) is 18.3 Å². The molecule has 2 aromatic carbocycles. The van der Waals surface area contributed by atoms with Gasteiger partial charge in [-0.05, 0) is 31.2 Å². The molecule has 106 valence electrons. The second-order valence-electron chi connectivity index (χ2n) is 5.08. The van der Waals surface area contributed by atoms with E-state index in [-0.39, 0.29) is 5.91 Å². The number of hydrazone groups is 1. The maximum atomic E-state index is 12.1. The number of nitrogens with one attached hydrogen (secondary N) is 1. The van der Waals surface area contributed by atoms with Crippen LogP contribution in [0.1, 0.15) is 22.3 Å². The average molecular weight is 279 g/mol. The van der Waals surface area contributed by atoms with E-state index in [1.807, 2.05) is 66.5 Å². The predicted octanol–water partition coefficient (Wildman–Crippen LogP) is 2.95. The molecule has 0 unspecified atom stereocenters. The fourth-order valence-corrected chi connectivity index (χ4v) is 2.24. The fourth-order valence-electron chi connectivity index (χ4n) is 2.24. The Balaban J connectivity index is 1.68. The second kappa shape index (κ2) is 5.79. The molecule has 1 aliphatic heterocycles. The molecule has 0 aliphatic carbocycles. The summed E-state index contributed by atoms with van der Waals surface area (Å²) in [5.41, 5.74) is 2.83. The Kier molecular flexibility index (Phi) is 3.69. The molecular formula is C17H17N3O. The monoisotopic (exact) mass is 279 g/mol. The van der Waals surface area contributed by atoms with Gasteiger partial charge in [0, 0.05) is 18.5 Å². The van der Waals surface area contributed by atoms with Crippen LogP contribution in [0.2, 0.25) is 0 Å². The van der Waals surface area contributed by atoms with Gasteiger partial charge < -0.3 is 5.32 Å². The summed E-state index contributed by atoms with van der Waals surface area (Å²) in [6.45, 7) is 2.79. The highest BCUT2D eigenvalue weighted by Gasteiger charge is 2.18. The minimum Gasteiger partial charge on any atom is -0.309 e. The van der Waals surface area contributed by atoms with Crippen LogP contribution in [0.5, 0.6) is 0 Å². The van der Waals surface area contributed by atoms with Crippen molar-refractivity contribution in [3.8, 4) is 0 Å². The molecule has 0 bridgehead atoms. The number of anilines is 1. The molecule has 0 radical (unpaired) electrons. The first-order valence-corrected chi connectivity index (χ1v) is 7.00. The largest absolute Gasteiger partial charge is 0.309 e. The first-order valence-electron chi connectivity index (χ1n) is 7.00. The first kappa shape index (κ1) is 13.4. The van der Waals surface area contributed by atoms with Gasteiger partial charge in [-0.3, -0.25) is 9.80 Å². The highest BCUT2D eigenvalue weighted by atomic mass is 16.1. The smallest absolute Gasteiger partial charge is 0.256 e. The van der Waals surface area contributed by atoms with Gasteiger partial charge in [0.2, 0.25) is 0 Å². The third-order valence-corrected chi connectivity index (χ3v) is 3.43. The number of carbonyl (C=O) groups excluding carboxylic acids is 1. The van der Waals surface area contributed by atoms with Crippen LogP contribution in [0.15, 0.2) is 59.7 Å². The van der Waals surface area contributed by atoms with Crippen molar-refractivity contribution in [2.75, 3.05) is 11.6 Å². The van der Waals surface area contributed by atoms with Crippen molar-refractivity contribution < 1.29 is 4.79 Å². The summed E-state index contributed by atoms with van der Waals surface area (Å²) in [7, 11) is 0. The van der Waals surface area contributed by atoms with Crippen LogP contribution >= 0.6 is 0 Å². The molecule has 0 aromatic heterocycles. The van der Waals surface area contributed by atoms with E-state index in [0.29, 0.717) is 11.4 Å². The Labute approximate surface area is 124 Å². The zero-order chi connectivity index (χ0) is 14.7. The Morgan fingerprint density at radius 1 is 1.10 bits per heavy atom. The molecule has 1 amide bonds. The molecule has 21 heavy (non-hydrogen) atoms. The molecule has 0 saturated carbocycles. The minimum absolute atomic E-state index is 0.108. The van der Waals surface area contributed by atoms with Crippen molar-refractivity contribution in [3.05, 3.63) is 65.7 Å². The SMILES string of the molecule is Cc1ccc(C(=O)NC2=NN(c3ccccc3)CC2)cc1. The summed E-state index contributed by atoms with van der Waals surface area (Å²) < 4.78 is 0. The van der Waals surface area contributed by atoms with Gasteiger partial charge in [-0.15, -0.1) is 0 Å². The van der Waals surface area contributed by atoms with Crippen molar-refractivity contribution in [2.45, 2.75) is 13.3 Å². The van der Waals surface area contributed by atoms with Gasteiger partial charge in [-0.1, -0.05) is 35.9 Å². The van der Waals surface area contributed by atoms with Crippen LogP contribution in [-0.2, 0) is 0 Å². The number of carbonyl (C=O) groups is 1. The lowest BCUT2D eigenvalue weighted by Gasteiger charge is -2.12. The van der Waals surface area contributed by atoms with Gasteiger partial charge in [0.15, 0.2) is 0 Å². The van der Waals surface area contributed by atoms with Crippen molar-refractivity contribution in [3.63, 3.8) is 0 Å². The maximum absolute atomic E-state index is 12.1. The minimum atomic E-state index is -0.108. The van der Waals surface area contributed by atoms with Crippen molar-refractivity contribution >= 4 is 17.4 Å². The molecular weight excluding hydrogens is 262 g/mol. The molecule has 1 heterocycles. The van der Waals surface area contributed by atoms with Crippen LogP contribution in [0.3, 0.4) is 0 Å². The van der Waals surface area contributed by atoms with Gasteiger partial charge in [-0.2, -0.15) is 5.10 Å². The van der Waals surface area contributed by atoms with E-state index in [4.69, 9.17) is 0 Å². The van der Waals surface area contributed by atoms with Gasteiger partial charge in [-0.25, -0.2) is 0 Å². The topological polar surface area (TPSA) is 44.7 Å². The number of hydrogen-bond acceptors (Lipinski definition) is 3. The molecule has 0 atom stereocenters. The Bertz CT molecular complexity index is 662. The zero-order valence-electron chi connectivity index (χ0n) is 11.9. The van der Waals surface area contributed by atoms with E-state index in [9.17, 15) is 4.79 Å². The zero-order valence-corrected chi connectivity index (χ0v) is 11.9. The second-order valence-corrected chi connectivity index (χ2v) is 5.08. The summed E-state index contributed by atoms with van der Waals surface area (Å²) in [5, 5.41) is 9.25. The van der Waals surface area contributed by atoms with E-state index in [0.717, 1.165) is 24.2 Å². The lowest BCUT2D eigenvalue weighted by Crippen LogP contribution is -2.29. The van der Waals surface area contributed by atoms with Gasteiger partial charge in [0.05, 0.1) is 5.69 Å². The summed E-state index contributed by atoms with van der Waals surface area (Å²) in [4.78, 5) is 12.1. The van der Waals surface area contributed by atoms with E-state index >= 15 is 0 Å². The highest BCUT2D eigenvalue weighted by Crippen LogP contribution is 2.18.